The molecular weight excluding hydrogens is 162 g/mol. The first-order valence-corrected chi connectivity index (χ1v) is 5.07. The standard InChI is InChI=1S/C11H15NO/c1-6-8-3-9-10(6)13-7(2)11(9,4-8)5-12/h5-6,8-10,12H,2-4H2,1H3. The zero-order valence-electron chi connectivity index (χ0n) is 7.92. The largest absolute Gasteiger partial charge is 0.494 e. The summed E-state index contributed by atoms with van der Waals surface area (Å²) in [4.78, 5) is 0. The molecule has 1 N–H and O–H groups in total. The number of hydrogen-bond donors (Lipinski definition) is 1. The van der Waals surface area contributed by atoms with Gasteiger partial charge in [-0.3, -0.25) is 0 Å². The van der Waals surface area contributed by atoms with E-state index in [1.54, 1.807) is 6.21 Å². The van der Waals surface area contributed by atoms with Gasteiger partial charge in [0.1, 0.15) is 11.9 Å². The summed E-state index contributed by atoms with van der Waals surface area (Å²) in [6, 6.07) is 0. The van der Waals surface area contributed by atoms with E-state index in [-0.39, 0.29) is 5.41 Å². The first-order chi connectivity index (χ1) is 6.19. The maximum atomic E-state index is 7.56. The number of hydrogen-bond acceptors (Lipinski definition) is 2. The third kappa shape index (κ3) is 0.618. The van der Waals surface area contributed by atoms with Gasteiger partial charge in [-0.25, -0.2) is 0 Å². The molecule has 2 saturated carbocycles. The first kappa shape index (κ1) is 7.60. The number of fused-ring (bicyclic) bond motifs is 1. The Morgan fingerprint density at radius 1 is 1.69 bits per heavy atom. The smallest absolute Gasteiger partial charge is 0.105 e. The Kier molecular flexibility index (Phi) is 1.17. The fourth-order valence-electron chi connectivity index (χ4n) is 3.70. The van der Waals surface area contributed by atoms with Crippen LogP contribution in [0.3, 0.4) is 0 Å². The van der Waals surface area contributed by atoms with E-state index in [2.05, 4.69) is 13.5 Å². The molecule has 70 valence electrons. The minimum Gasteiger partial charge on any atom is -0.494 e. The molecule has 0 spiro atoms. The molecule has 5 atom stereocenters. The number of ether oxygens (including phenoxy) is 1. The molecule has 3 fully saturated rings. The van der Waals surface area contributed by atoms with Gasteiger partial charge >= 0.3 is 0 Å². The third-order valence-electron chi connectivity index (χ3n) is 4.53. The summed E-state index contributed by atoms with van der Waals surface area (Å²) in [5.74, 6) is 2.88. The maximum Gasteiger partial charge on any atom is 0.105 e. The summed E-state index contributed by atoms with van der Waals surface area (Å²) in [5.41, 5.74) is -0.0676. The summed E-state index contributed by atoms with van der Waals surface area (Å²) in [5, 5.41) is 7.56. The van der Waals surface area contributed by atoms with E-state index < -0.39 is 0 Å². The highest BCUT2D eigenvalue weighted by Crippen LogP contribution is 2.65. The highest BCUT2D eigenvalue weighted by molar-refractivity contribution is 5.70. The van der Waals surface area contributed by atoms with Crippen LogP contribution in [0.4, 0.5) is 0 Å². The van der Waals surface area contributed by atoms with Gasteiger partial charge in [0.05, 0.1) is 5.41 Å². The highest BCUT2D eigenvalue weighted by Gasteiger charge is 2.65. The van der Waals surface area contributed by atoms with Crippen molar-refractivity contribution in [3.05, 3.63) is 12.3 Å². The molecule has 1 aliphatic heterocycles. The van der Waals surface area contributed by atoms with E-state index in [9.17, 15) is 0 Å². The van der Waals surface area contributed by atoms with E-state index in [1.807, 2.05) is 0 Å². The average molecular weight is 177 g/mol. The van der Waals surface area contributed by atoms with Gasteiger partial charge in [0, 0.05) is 12.1 Å². The molecule has 1 saturated heterocycles. The molecule has 2 bridgehead atoms. The Hall–Kier alpha value is -0.790. The number of nitrogens with one attached hydrogen (secondary N) is 1. The molecule has 3 rings (SSSR count). The monoisotopic (exact) mass is 177 g/mol. The second-order valence-electron chi connectivity index (χ2n) is 4.86. The SMILES string of the molecule is C=C1OC2C(C)C3CC2C1(C=N)C3. The van der Waals surface area contributed by atoms with Crippen LogP contribution in [0.15, 0.2) is 12.3 Å². The molecule has 2 heteroatoms. The molecule has 2 nitrogen and oxygen atoms in total. The predicted molar refractivity (Wildman–Crippen MR) is 50.6 cm³/mol. The zero-order chi connectivity index (χ0) is 9.22. The summed E-state index contributed by atoms with van der Waals surface area (Å²) in [7, 11) is 0. The van der Waals surface area contributed by atoms with Gasteiger partial charge in [0.25, 0.3) is 0 Å². The van der Waals surface area contributed by atoms with E-state index in [1.165, 1.54) is 6.42 Å². The minimum atomic E-state index is -0.0676. The zero-order valence-corrected chi connectivity index (χ0v) is 7.92. The van der Waals surface area contributed by atoms with Crippen LogP contribution >= 0.6 is 0 Å². The molecule has 1 heterocycles. The summed E-state index contributed by atoms with van der Waals surface area (Å²) in [6.45, 7) is 6.26. The van der Waals surface area contributed by atoms with Gasteiger partial charge in [0.15, 0.2) is 0 Å². The molecule has 0 aromatic heterocycles. The van der Waals surface area contributed by atoms with Crippen LogP contribution in [0.5, 0.6) is 0 Å². The van der Waals surface area contributed by atoms with Crippen LogP contribution in [-0.4, -0.2) is 12.3 Å². The molecule has 3 aliphatic rings. The van der Waals surface area contributed by atoms with E-state index in [4.69, 9.17) is 10.1 Å². The fourth-order valence-corrected chi connectivity index (χ4v) is 3.70. The van der Waals surface area contributed by atoms with E-state index in [0.29, 0.717) is 17.9 Å². The quantitative estimate of drug-likeness (QED) is 0.612. The van der Waals surface area contributed by atoms with Gasteiger partial charge in [-0.2, -0.15) is 0 Å². The van der Waals surface area contributed by atoms with Gasteiger partial charge in [0.2, 0.25) is 0 Å². The molecule has 0 amide bonds. The highest BCUT2D eigenvalue weighted by atomic mass is 16.5. The van der Waals surface area contributed by atoms with Crippen molar-refractivity contribution in [2.24, 2.45) is 23.2 Å². The Labute approximate surface area is 78.5 Å². The Morgan fingerprint density at radius 2 is 2.46 bits per heavy atom. The molecule has 13 heavy (non-hydrogen) atoms. The van der Waals surface area contributed by atoms with Crippen LogP contribution < -0.4 is 0 Å². The van der Waals surface area contributed by atoms with Crippen molar-refractivity contribution in [1.29, 1.82) is 5.41 Å². The fraction of sp³-hybridized carbons (Fsp3) is 0.727. The lowest BCUT2D eigenvalue weighted by atomic mass is 9.71. The second-order valence-corrected chi connectivity index (χ2v) is 4.86. The lowest BCUT2D eigenvalue weighted by Gasteiger charge is -2.28. The lowest BCUT2D eigenvalue weighted by molar-refractivity contribution is 0.0967. The predicted octanol–water partition coefficient (Wildman–Crippen LogP) is 2.21. The normalized spacial score (nSPS) is 56.8. The van der Waals surface area contributed by atoms with Crippen molar-refractivity contribution in [2.75, 3.05) is 0 Å². The van der Waals surface area contributed by atoms with Crippen LogP contribution in [-0.2, 0) is 4.74 Å². The van der Waals surface area contributed by atoms with Crippen molar-refractivity contribution in [3.63, 3.8) is 0 Å². The van der Waals surface area contributed by atoms with Crippen molar-refractivity contribution < 1.29 is 4.74 Å². The van der Waals surface area contributed by atoms with Crippen LogP contribution in [0, 0.1) is 28.6 Å². The van der Waals surface area contributed by atoms with Gasteiger partial charge in [-0.1, -0.05) is 13.5 Å². The number of allylic oxidation sites excluding steroid dienone is 1. The molecular formula is C11H15NO. The molecule has 0 aromatic rings. The lowest BCUT2D eigenvalue weighted by Crippen LogP contribution is -2.33. The first-order valence-electron chi connectivity index (χ1n) is 5.07. The number of rotatable bonds is 1. The minimum absolute atomic E-state index is 0.0676. The van der Waals surface area contributed by atoms with Crippen molar-refractivity contribution in [2.45, 2.75) is 25.9 Å². The Morgan fingerprint density at radius 3 is 3.08 bits per heavy atom. The van der Waals surface area contributed by atoms with Crippen molar-refractivity contribution in [3.8, 4) is 0 Å². The average Bonchev–Trinajstić information content (AvgIpc) is 2.68. The topological polar surface area (TPSA) is 33.1 Å². The van der Waals surface area contributed by atoms with Crippen molar-refractivity contribution in [1.82, 2.24) is 0 Å². The van der Waals surface area contributed by atoms with Gasteiger partial charge in [-0.05, 0) is 24.7 Å². The van der Waals surface area contributed by atoms with Crippen LogP contribution in [0.25, 0.3) is 0 Å². The van der Waals surface area contributed by atoms with Crippen LogP contribution in [0.1, 0.15) is 19.8 Å². The van der Waals surface area contributed by atoms with Crippen molar-refractivity contribution >= 4 is 6.21 Å². The summed E-state index contributed by atoms with van der Waals surface area (Å²) < 4.78 is 5.80. The van der Waals surface area contributed by atoms with E-state index >= 15 is 0 Å². The summed E-state index contributed by atoms with van der Waals surface area (Å²) >= 11 is 0. The third-order valence-corrected chi connectivity index (χ3v) is 4.53. The Balaban J connectivity index is 2.11. The van der Waals surface area contributed by atoms with E-state index in [0.717, 1.165) is 18.1 Å². The van der Waals surface area contributed by atoms with Crippen LogP contribution in [0.2, 0.25) is 0 Å². The summed E-state index contributed by atoms with van der Waals surface area (Å²) in [6.07, 6.45) is 4.32. The maximum absolute atomic E-state index is 7.56. The second kappa shape index (κ2) is 1.99. The molecule has 0 radical (unpaired) electrons. The molecule has 2 aliphatic carbocycles. The molecule has 0 aromatic carbocycles. The van der Waals surface area contributed by atoms with Gasteiger partial charge in [-0.15, -0.1) is 0 Å². The van der Waals surface area contributed by atoms with Gasteiger partial charge < -0.3 is 10.1 Å². The molecule has 5 unspecified atom stereocenters. The Bertz CT molecular complexity index is 298.